The number of benzene rings is 1. The van der Waals surface area contributed by atoms with Crippen molar-refractivity contribution >= 4 is 17.7 Å². The van der Waals surface area contributed by atoms with Crippen molar-refractivity contribution in [2.24, 2.45) is 0 Å². The van der Waals surface area contributed by atoms with E-state index in [0.29, 0.717) is 11.4 Å². The van der Waals surface area contributed by atoms with Crippen LogP contribution in [0.15, 0.2) is 42.6 Å². The molecule has 0 aliphatic carbocycles. The average molecular weight is 345 g/mol. The molecule has 0 fully saturated rings. The summed E-state index contributed by atoms with van der Waals surface area (Å²) >= 11 is 0. The molecule has 7 heteroatoms. The number of amides is 1. The number of likely N-dealkylation sites (N-methyl/N-ethyl adjacent to an activating group) is 1. The van der Waals surface area contributed by atoms with E-state index >= 15 is 0 Å². The number of anilines is 1. The molecule has 0 saturated carbocycles. The van der Waals surface area contributed by atoms with Crippen LogP contribution in [0.25, 0.3) is 0 Å². The minimum atomic E-state index is -0.817. The Kier molecular flexibility index (Phi) is 6.19. The number of hydrogen-bond donors (Lipinski definition) is 1. The molecule has 1 aromatic carbocycles. The molecular weight excluding hydrogens is 325 g/mol. The van der Waals surface area contributed by atoms with E-state index in [4.69, 9.17) is 4.74 Å². The Bertz CT molecular complexity index is 732. The summed E-state index contributed by atoms with van der Waals surface area (Å²) in [6, 6.07) is 8.22. The zero-order valence-electron chi connectivity index (χ0n) is 14.3. The molecule has 0 bridgehead atoms. The van der Waals surface area contributed by atoms with Gasteiger partial charge in [-0.2, -0.15) is 0 Å². The van der Waals surface area contributed by atoms with E-state index in [0.717, 1.165) is 5.56 Å². The fourth-order valence-electron chi connectivity index (χ4n) is 2.37. The highest BCUT2D eigenvalue weighted by Crippen LogP contribution is 2.21. The Morgan fingerprint density at radius 2 is 1.92 bits per heavy atom. The van der Waals surface area contributed by atoms with Crippen molar-refractivity contribution in [3.63, 3.8) is 0 Å². The van der Waals surface area contributed by atoms with Gasteiger partial charge in [0.25, 0.3) is 0 Å². The SMILES string of the molecule is COC(=O)[C@H](c1ccc(F)cc1)N(C)CC(=O)Nc1ccc(C)cn1. The quantitative estimate of drug-likeness (QED) is 0.814. The van der Waals surface area contributed by atoms with Crippen LogP contribution in [0.3, 0.4) is 0 Å². The third-order valence-electron chi connectivity index (χ3n) is 3.62. The lowest BCUT2D eigenvalue weighted by Gasteiger charge is -2.25. The van der Waals surface area contributed by atoms with E-state index in [9.17, 15) is 14.0 Å². The monoisotopic (exact) mass is 345 g/mol. The van der Waals surface area contributed by atoms with Crippen molar-refractivity contribution in [1.82, 2.24) is 9.88 Å². The van der Waals surface area contributed by atoms with Gasteiger partial charge in [0.1, 0.15) is 17.7 Å². The van der Waals surface area contributed by atoms with E-state index in [2.05, 4.69) is 10.3 Å². The number of carbonyl (C=O) groups excluding carboxylic acids is 2. The first-order valence-corrected chi connectivity index (χ1v) is 7.66. The molecule has 1 atom stereocenters. The fourth-order valence-corrected chi connectivity index (χ4v) is 2.37. The van der Waals surface area contributed by atoms with Gasteiger partial charge in [0.05, 0.1) is 13.7 Å². The second-order valence-electron chi connectivity index (χ2n) is 5.66. The van der Waals surface area contributed by atoms with Crippen LogP contribution in [-0.2, 0) is 14.3 Å². The van der Waals surface area contributed by atoms with E-state index in [1.807, 2.05) is 13.0 Å². The number of hydrogen-bond acceptors (Lipinski definition) is 5. The molecule has 2 rings (SSSR count). The minimum Gasteiger partial charge on any atom is -0.468 e. The highest BCUT2D eigenvalue weighted by atomic mass is 19.1. The summed E-state index contributed by atoms with van der Waals surface area (Å²) in [6.07, 6.45) is 1.65. The maximum absolute atomic E-state index is 13.1. The van der Waals surface area contributed by atoms with Gasteiger partial charge in [0, 0.05) is 6.20 Å². The molecule has 0 unspecified atom stereocenters. The second-order valence-corrected chi connectivity index (χ2v) is 5.66. The molecule has 132 valence electrons. The largest absolute Gasteiger partial charge is 0.468 e. The highest BCUT2D eigenvalue weighted by Gasteiger charge is 2.27. The molecule has 0 aliphatic heterocycles. The van der Waals surface area contributed by atoms with Gasteiger partial charge >= 0.3 is 5.97 Å². The number of rotatable bonds is 6. The molecule has 0 spiro atoms. The molecule has 6 nitrogen and oxygen atoms in total. The number of aryl methyl sites for hydroxylation is 1. The Labute approximate surface area is 145 Å². The van der Waals surface area contributed by atoms with Crippen molar-refractivity contribution in [3.8, 4) is 0 Å². The summed E-state index contributed by atoms with van der Waals surface area (Å²) in [5.41, 5.74) is 1.52. The van der Waals surface area contributed by atoms with Gasteiger partial charge in [-0.15, -0.1) is 0 Å². The normalized spacial score (nSPS) is 11.9. The number of nitrogens with zero attached hydrogens (tertiary/aromatic N) is 2. The summed E-state index contributed by atoms with van der Waals surface area (Å²) < 4.78 is 17.9. The molecule has 0 radical (unpaired) electrons. The Balaban J connectivity index is 2.09. The van der Waals surface area contributed by atoms with Crippen LogP contribution < -0.4 is 5.32 Å². The third kappa shape index (κ3) is 5.09. The lowest BCUT2D eigenvalue weighted by Crippen LogP contribution is -2.37. The van der Waals surface area contributed by atoms with Crippen LogP contribution in [0.5, 0.6) is 0 Å². The van der Waals surface area contributed by atoms with E-state index in [1.54, 1.807) is 19.3 Å². The van der Waals surface area contributed by atoms with Crippen LogP contribution >= 0.6 is 0 Å². The van der Waals surface area contributed by atoms with Crippen molar-refractivity contribution in [2.45, 2.75) is 13.0 Å². The third-order valence-corrected chi connectivity index (χ3v) is 3.62. The number of nitrogens with one attached hydrogen (secondary N) is 1. The number of ether oxygens (including phenoxy) is 1. The smallest absolute Gasteiger partial charge is 0.327 e. The van der Waals surface area contributed by atoms with Gasteiger partial charge in [-0.3, -0.25) is 9.69 Å². The van der Waals surface area contributed by atoms with Crippen LogP contribution in [0, 0.1) is 12.7 Å². The Hall–Kier alpha value is -2.80. The van der Waals surface area contributed by atoms with Gasteiger partial charge in [-0.25, -0.2) is 14.2 Å². The van der Waals surface area contributed by atoms with Gasteiger partial charge in [-0.05, 0) is 43.3 Å². The molecule has 25 heavy (non-hydrogen) atoms. The van der Waals surface area contributed by atoms with Gasteiger partial charge in [0.2, 0.25) is 5.91 Å². The molecule has 1 N–H and O–H groups in total. The summed E-state index contributed by atoms with van der Waals surface area (Å²) in [5, 5.41) is 2.67. The topological polar surface area (TPSA) is 71.5 Å². The van der Waals surface area contributed by atoms with Gasteiger partial charge in [-0.1, -0.05) is 18.2 Å². The number of aromatic nitrogens is 1. The van der Waals surface area contributed by atoms with E-state index < -0.39 is 17.8 Å². The molecule has 0 saturated heterocycles. The van der Waals surface area contributed by atoms with Crippen molar-refractivity contribution < 1.29 is 18.7 Å². The second kappa shape index (κ2) is 8.34. The van der Waals surface area contributed by atoms with Gasteiger partial charge in [0.15, 0.2) is 0 Å². The number of esters is 1. The van der Waals surface area contributed by atoms with Crippen molar-refractivity contribution in [1.29, 1.82) is 0 Å². The molecular formula is C18H20FN3O3. The first kappa shape index (κ1) is 18.5. The zero-order chi connectivity index (χ0) is 18.4. The zero-order valence-corrected chi connectivity index (χ0v) is 14.3. The van der Waals surface area contributed by atoms with E-state index in [1.165, 1.54) is 36.3 Å². The van der Waals surface area contributed by atoms with E-state index in [-0.39, 0.29) is 12.5 Å². The van der Waals surface area contributed by atoms with Crippen LogP contribution in [0.4, 0.5) is 10.2 Å². The summed E-state index contributed by atoms with van der Waals surface area (Å²) in [5.74, 6) is -0.830. The Morgan fingerprint density at radius 3 is 2.48 bits per heavy atom. The summed E-state index contributed by atoms with van der Waals surface area (Å²) in [6.45, 7) is 1.84. The minimum absolute atomic E-state index is 0.0628. The van der Waals surface area contributed by atoms with Crippen LogP contribution in [-0.4, -0.2) is 42.5 Å². The van der Waals surface area contributed by atoms with Crippen LogP contribution in [0.2, 0.25) is 0 Å². The molecule has 0 aliphatic rings. The number of methoxy groups -OCH3 is 1. The molecule has 2 aromatic rings. The summed E-state index contributed by atoms with van der Waals surface area (Å²) in [7, 11) is 2.89. The average Bonchev–Trinajstić information content (AvgIpc) is 2.58. The van der Waals surface area contributed by atoms with Gasteiger partial charge < -0.3 is 10.1 Å². The number of carbonyl (C=O) groups is 2. The molecule has 1 amide bonds. The summed E-state index contributed by atoms with van der Waals surface area (Å²) in [4.78, 5) is 30.0. The fraction of sp³-hybridized carbons (Fsp3) is 0.278. The van der Waals surface area contributed by atoms with Crippen molar-refractivity contribution in [2.75, 3.05) is 26.0 Å². The van der Waals surface area contributed by atoms with Crippen LogP contribution in [0.1, 0.15) is 17.2 Å². The molecule has 1 aromatic heterocycles. The van der Waals surface area contributed by atoms with Crippen molar-refractivity contribution in [3.05, 3.63) is 59.5 Å². The lowest BCUT2D eigenvalue weighted by molar-refractivity contribution is -0.147. The predicted molar refractivity (Wildman–Crippen MR) is 91.4 cm³/mol. The number of halogens is 1. The maximum Gasteiger partial charge on any atom is 0.327 e. The number of pyridine rings is 1. The highest BCUT2D eigenvalue weighted by molar-refractivity contribution is 5.91. The standard InChI is InChI=1S/C18H20FN3O3/c1-12-4-9-15(20-10-12)21-16(23)11-22(2)17(18(24)25-3)13-5-7-14(19)8-6-13/h4-10,17H,11H2,1-3H3,(H,20,21,23)/t17-/m0/s1. The first-order chi connectivity index (χ1) is 11.9. The molecule has 1 heterocycles. The predicted octanol–water partition coefficient (Wildman–Crippen LogP) is 2.31. The lowest BCUT2D eigenvalue weighted by atomic mass is 10.1. The first-order valence-electron chi connectivity index (χ1n) is 7.66. The Morgan fingerprint density at radius 1 is 1.24 bits per heavy atom. The maximum atomic E-state index is 13.1.